The summed E-state index contributed by atoms with van der Waals surface area (Å²) in [7, 11) is 1.74. The average Bonchev–Trinajstić information content (AvgIpc) is 2.77. The van der Waals surface area contributed by atoms with Gasteiger partial charge in [0.1, 0.15) is 5.82 Å². The van der Waals surface area contributed by atoms with Crippen LogP contribution in [0.4, 0.5) is 5.82 Å². The topological polar surface area (TPSA) is 25.4 Å². The van der Waals surface area contributed by atoms with Crippen LogP contribution in [0.2, 0.25) is 5.02 Å². The molecule has 2 rings (SSSR count). The number of hydrogen-bond acceptors (Lipinski definition) is 3. The lowest BCUT2D eigenvalue weighted by atomic mass is 10.3. The minimum absolute atomic E-state index is 0.283. The highest BCUT2D eigenvalue weighted by Crippen LogP contribution is 2.28. The van der Waals surface area contributed by atoms with Gasteiger partial charge in [-0.05, 0) is 18.1 Å². The van der Waals surface area contributed by atoms with Crippen molar-refractivity contribution in [1.82, 2.24) is 4.98 Å². The maximum atomic E-state index is 6.18. The van der Waals surface area contributed by atoms with Crippen LogP contribution >= 0.6 is 23.2 Å². The van der Waals surface area contributed by atoms with Gasteiger partial charge in [0.25, 0.3) is 0 Å². The summed E-state index contributed by atoms with van der Waals surface area (Å²) in [5, 5.41) is 0.662. The molecule has 1 atom stereocenters. The fraction of sp³-hybridized carbons (Fsp3) is 0.545. The molecule has 1 unspecified atom stereocenters. The third-order valence-electron chi connectivity index (χ3n) is 2.81. The van der Waals surface area contributed by atoms with Crippen molar-refractivity contribution in [2.75, 3.05) is 25.1 Å². The zero-order valence-corrected chi connectivity index (χ0v) is 10.6. The van der Waals surface area contributed by atoms with Gasteiger partial charge < -0.3 is 9.64 Å². The Kier molecular flexibility index (Phi) is 3.90. The predicted octanol–water partition coefficient (Wildman–Crippen LogP) is 2.70. The third kappa shape index (κ3) is 2.42. The highest BCUT2D eigenvalue weighted by molar-refractivity contribution is 6.33. The summed E-state index contributed by atoms with van der Waals surface area (Å²) < 4.78 is 5.31. The van der Waals surface area contributed by atoms with E-state index in [0.717, 1.165) is 30.9 Å². The number of alkyl halides is 1. The highest BCUT2D eigenvalue weighted by Gasteiger charge is 2.24. The van der Waals surface area contributed by atoms with E-state index in [4.69, 9.17) is 27.9 Å². The molecule has 0 radical (unpaired) electrons. The van der Waals surface area contributed by atoms with E-state index in [1.54, 1.807) is 13.3 Å². The number of methoxy groups -OCH3 is 1. The number of nitrogens with zero attached hydrogens (tertiary/aromatic N) is 2. The molecule has 2 heterocycles. The number of rotatable bonds is 3. The van der Waals surface area contributed by atoms with Gasteiger partial charge in [0.15, 0.2) is 0 Å². The normalized spacial score (nSPS) is 20.4. The fourth-order valence-corrected chi connectivity index (χ4v) is 2.34. The summed E-state index contributed by atoms with van der Waals surface area (Å²) in [6, 6.07) is 1.87. The van der Waals surface area contributed by atoms with Gasteiger partial charge in [-0.15, -0.1) is 11.6 Å². The molecule has 1 aliphatic rings. The molecule has 1 saturated heterocycles. The zero-order valence-electron chi connectivity index (χ0n) is 9.12. The summed E-state index contributed by atoms with van der Waals surface area (Å²) in [5.74, 6) is 1.27. The van der Waals surface area contributed by atoms with E-state index in [1.165, 1.54) is 0 Å². The zero-order chi connectivity index (χ0) is 11.5. The van der Waals surface area contributed by atoms with Crippen molar-refractivity contribution in [2.24, 2.45) is 0 Å². The highest BCUT2D eigenvalue weighted by atomic mass is 35.5. The maximum absolute atomic E-state index is 6.18. The van der Waals surface area contributed by atoms with E-state index < -0.39 is 0 Å². The van der Waals surface area contributed by atoms with Crippen molar-refractivity contribution in [3.05, 3.63) is 22.8 Å². The number of ether oxygens (including phenoxy) is 1. The minimum atomic E-state index is 0.283. The Morgan fingerprint density at radius 3 is 3.00 bits per heavy atom. The lowest BCUT2D eigenvalue weighted by molar-refractivity contribution is 0.121. The van der Waals surface area contributed by atoms with E-state index in [-0.39, 0.29) is 6.10 Å². The minimum Gasteiger partial charge on any atom is -0.380 e. The molecule has 0 N–H and O–H groups in total. The molecular formula is C11H14Cl2N2O. The Hall–Kier alpha value is -0.510. The third-order valence-corrected chi connectivity index (χ3v) is 3.40. The molecule has 0 aromatic carbocycles. The Balaban J connectivity index is 2.15. The van der Waals surface area contributed by atoms with Crippen molar-refractivity contribution in [1.29, 1.82) is 0 Å². The van der Waals surface area contributed by atoms with Crippen LogP contribution in [-0.4, -0.2) is 31.3 Å². The molecule has 0 saturated carbocycles. The molecule has 0 spiro atoms. The number of pyridine rings is 1. The number of halogens is 2. The second-order valence-corrected chi connectivity index (χ2v) is 4.55. The van der Waals surface area contributed by atoms with Gasteiger partial charge in [0.05, 0.1) is 11.1 Å². The van der Waals surface area contributed by atoms with Gasteiger partial charge in [0.2, 0.25) is 0 Å². The van der Waals surface area contributed by atoms with Crippen LogP contribution in [-0.2, 0) is 10.6 Å². The Morgan fingerprint density at radius 2 is 2.44 bits per heavy atom. The number of hydrogen-bond donors (Lipinski definition) is 0. The largest absolute Gasteiger partial charge is 0.380 e. The fourth-order valence-electron chi connectivity index (χ4n) is 1.89. The molecule has 0 bridgehead atoms. The average molecular weight is 261 g/mol. The summed E-state index contributed by atoms with van der Waals surface area (Å²) in [5.41, 5.74) is 0.943. The van der Waals surface area contributed by atoms with Gasteiger partial charge >= 0.3 is 0 Å². The smallest absolute Gasteiger partial charge is 0.147 e. The van der Waals surface area contributed by atoms with Crippen molar-refractivity contribution >= 4 is 29.0 Å². The first-order chi connectivity index (χ1) is 7.74. The lowest BCUT2D eigenvalue weighted by Crippen LogP contribution is -2.23. The standard InChI is InChI=1S/C11H14Cl2N2O/c1-16-9-2-3-15(7-9)11-10(13)4-8(5-12)6-14-11/h4,6,9H,2-3,5,7H2,1H3. The second kappa shape index (κ2) is 5.21. The summed E-state index contributed by atoms with van der Waals surface area (Å²) in [6.45, 7) is 1.79. The Labute approximate surface area is 105 Å². The van der Waals surface area contributed by atoms with Crippen molar-refractivity contribution in [3.63, 3.8) is 0 Å². The van der Waals surface area contributed by atoms with Crippen LogP contribution in [0.3, 0.4) is 0 Å². The van der Waals surface area contributed by atoms with Gasteiger partial charge in [-0.1, -0.05) is 11.6 Å². The monoisotopic (exact) mass is 260 g/mol. The summed E-state index contributed by atoms with van der Waals surface area (Å²) in [4.78, 5) is 6.50. The first-order valence-electron chi connectivity index (χ1n) is 5.22. The number of anilines is 1. The van der Waals surface area contributed by atoms with E-state index in [9.17, 15) is 0 Å². The molecule has 1 aliphatic heterocycles. The predicted molar refractivity (Wildman–Crippen MR) is 66.4 cm³/mol. The molecule has 88 valence electrons. The van der Waals surface area contributed by atoms with Gasteiger partial charge in [-0.25, -0.2) is 4.98 Å². The second-order valence-electron chi connectivity index (χ2n) is 3.88. The van der Waals surface area contributed by atoms with Crippen LogP contribution < -0.4 is 4.90 Å². The SMILES string of the molecule is COC1CCN(c2ncc(CCl)cc2Cl)C1. The number of aromatic nitrogens is 1. The Morgan fingerprint density at radius 1 is 1.62 bits per heavy atom. The maximum Gasteiger partial charge on any atom is 0.147 e. The van der Waals surface area contributed by atoms with Crippen molar-refractivity contribution in [2.45, 2.75) is 18.4 Å². The first-order valence-corrected chi connectivity index (χ1v) is 6.14. The van der Waals surface area contributed by atoms with Gasteiger partial charge in [0, 0.05) is 32.3 Å². The van der Waals surface area contributed by atoms with Crippen LogP contribution in [0.25, 0.3) is 0 Å². The summed E-state index contributed by atoms with van der Waals surface area (Å²) in [6.07, 6.45) is 3.07. The van der Waals surface area contributed by atoms with Crippen molar-refractivity contribution in [3.8, 4) is 0 Å². The lowest BCUT2D eigenvalue weighted by Gasteiger charge is -2.18. The molecule has 1 aromatic heterocycles. The van der Waals surface area contributed by atoms with Gasteiger partial charge in [-0.3, -0.25) is 0 Å². The van der Waals surface area contributed by atoms with Crippen LogP contribution in [0.1, 0.15) is 12.0 Å². The molecule has 1 aromatic rings. The van der Waals surface area contributed by atoms with E-state index in [2.05, 4.69) is 9.88 Å². The quantitative estimate of drug-likeness (QED) is 0.782. The van der Waals surface area contributed by atoms with Crippen LogP contribution in [0.5, 0.6) is 0 Å². The van der Waals surface area contributed by atoms with Crippen LogP contribution in [0.15, 0.2) is 12.3 Å². The van der Waals surface area contributed by atoms with Crippen molar-refractivity contribution < 1.29 is 4.74 Å². The molecule has 1 fully saturated rings. The molecule has 16 heavy (non-hydrogen) atoms. The van der Waals surface area contributed by atoms with E-state index in [1.807, 2.05) is 6.07 Å². The first kappa shape index (κ1) is 12.0. The molecule has 0 amide bonds. The summed E-state index contributed by atoms with van der Waals surface area (Å²) >= 11 is 11.9. The Bertz CT molecular complexity index is 373. The van der Waals surface area contributed by atoms with E-state index >= 15 is 0 Å². The molecule has 5 heteroatoms. The van der Waals surface area contributed by atoms with E-state index in [0.29, 0.717) is 10.9 Å². The molecule has 0 aliphatic carbocycles. The molecular weight excluding hydrogens is 247 g/mol. The van der Waals surface area contributed by atoms with Crippen LogP contribution in [0, 0.1) is 0 Å². The van der Waals surface area contributed by atoms with Gasteiger partial charge in [-0.2, -0.15) is 0 Å². The molecule has 3 nitrogen and oxygen atoms in total.